The van der Waals surface area contributed by atoms with E-state index in [1.807, 2.05) is 6.07 Å². The largest absolute Gasteiger partial charge is 0.462 e. The molecule has 216 valence electrons. The number of aliphatic hydroxyl groups excluding tert-OH is 1. The van der Waals surface area contributed by atoms with Crippen molar-refractivity contribution >= 4 is 51.4 Å². The highest BCUT2D eigenvalue weighted by Gasteiger charge is 2.20. The molecule has 2 N–H and O–H groups in total. The third kappa shape index (κ3) is 8.32. The maximum Gasteiger partial charge on any atom is 0.338 e. The zero-order valence-corrected chi connectivity index (χ0v) is 25.4. The van der Waals surface area contributed by atoms with Gasteiger partial charge in [0.05, 0.1) is 28.1 Å². The van der Waals surface area contributed by atoms with Crippen LogP contribution in [0.25, 0.3) is 11.1 Å². The van der Waals surface area contributed by atoms with Gasteiger partial charge in [-0.25, -0.2) is 13.2 Å². The van der Waals surface area contributed by atoms with E-state index < -0.39 is 21.9 Å². The number of rotatable bonds is 11. The van der Waals surface area contributed by atoms with Gasteiger partial charge in [-0.2, -0.15) is 0 Å². The highest BCUT2D eigenvalue weighted by Crippen LogP contribution is 2.32. The molecular weight excluding hydrogens is 605 g/mol. The van der Waals surface area contributed by atoms with Gasteiger partial charge >= 0.3 is 5.97 Å². The van der Waals surface area contributed by atoms with E-state index in [9.17, 15) is 18.3 Å². The SMILES string of the molecule is CCOC(=O)c1cccc(-c2ccc(S(=O)(=O)c3ccc(CCNC[C@H](O)c4cccc(Cl)c4)cc3)cc2Cl)c1.Cl. The summed E-state index contributed by atoms with van der Waals surface area (Å²) >= 11 is 12.5. The smallest absolute Gasteiger partial charge is 0.338 e. The normalized spacial score (nSPS) is 11.9. The molecular formula is C31H30Cl3NO5S. The van der Waals surface area contributed by atoms with E-state index >= 15 is 0 Å². The molecule has 0 unspecified atom stereocenters. The number of sulfone groups is 1. The number of esters is 1. The van der Waals surface area contributed by atoms with Crippen LogP contribution in [0.1, 0.15) is 34.5 Å². The summed E-state index contributed by atoms with van der Waals surface area (Å²) in [7, 11) is -3.79. The van der Waals surface area contributed by atoms with Gasteiger partial charge in [0.25, 0.3) is 0 Å². The lowest BCUT2D eigenvalue weighted by atomic mass is 10.0. The fraction of sp³-hybridized carbons (Fsp3) is 0.194. The summed E-state index contributed by atoms with van der Waals surface area (Å²) in [6, 6.07) is 25.2. The summed E-state index contributed by atoms with van der Waals surface area (Å²) in [6.07, 6.45) is -0.0144. The molecule has 4 aromatic rings. The number of hydrogen-bond donors (Lipinski definition) is 2. The Morgan fingerprint density at radius 2 is 1.63 bits per heavy atom. The minimum Gasteiger partial charge on any atom is -0.462 e. The first-order valence-corrected chi connectivity index (χ1v) is 15.0. The molecule has 6 nitrogen and oxygen atoms in total. The Hall–Kier alpha value is -2.91. The minimum absolute atomic E-state index is 0. The molecule has 0 spiro atoms. The Morgan fingerprint density at radius 1 is 0.927 bits per heavy atom. The number of halogens is 3. The van der Waals surface area contributed by atoms with Crippen LogP contribution in [0.4, 0.5) is 0 Å². The molecule has 0 saturated carbocycles. The third-order valence-electron chi connectivity index (χ3n) is 6.33. The average Bonchev–Trinajstić information content (AvgIpc) is 2.95. The molecule has 0 amide bonds. The van der Waals surface area contributed by atoms with E-state index in [-0.39, 0.29) is 33.8 Å². The average molecular weight is 635 g/mol. The number of carbonyl (C=O) groups excluding carboxylic acids is 1. The van der Waals surface area contributed by atoms with Crippen LogP contribution in [-0.2, 0) is 21.0 Å². The molecule has 4 rings (SSSR count). The van der Waals surface area contributed by atoms with E-state index in [0.717, 1.165) is 11.1 Å². The lowest BCUT2D eigenvalue weighted by Gasteiger charge is -2.13. The molecule has 0 bridgehead atoms. The summed E-state index contributed by atoms with van der Waals surface area (Å²) in [5.41, 5.74) is 3.37. The topological polar surface area (TPSA) is 92.7 Å². The molecule has 1 atom stereocenters. The number of hydrogen-bond acceptors (Lipinski definition) is 6. The van der Waals surface area contributed by atoms with Crippen LogP contribution in [0, 0.1) is 0 Å². The van der Waals surface area contributed by atoms with Crippen molar-refractivity contribution < 1.29 is 23.1 Å². The minimum atomic E-state index is -3.79. The van der Waals surface area contributed by atoms with Gasteiger partial charge in [0.15, 0.2) is 0 Å². The second-order valence-corrected chi connectivity index (χ2v) is 11.9. The maximum atomic E-state index is 13.3. The quantitative estimate of drug-likeness (QED) is 0.137. The van der Waals surface area contributed by atoms with Crippen molar-refractivity contribution in [1.29, 1.82) is 0 Å². The molecule has 0 aliphatic carbocycles. The van der Waals surface area contributed by atoms with E-state index in [0.29, 0.717) is 41.2 Å². The summed E-state index contributed by atoms with van der Waals surface area (Å²) in [6.45, 7) is 2.98. The van der Waals surface area contributed by atoms with Gasteiger partial charge in [-0.15, -0.1) is 12.4 Å². The van der Waals surface area contributed by atoms with Crippen LogP contribution in [0.5, 0.6) is 0 Å². The first kappa shape index (κ1) is 32.6. The van der Waals surface area contributed by atoms with Crippen LogP contribution in [-0.4, -0.2) is 39.2 Å². The monoisotopic (exact) mass is 633 g/mol. The lowest BCUT2D eigenvalue weighted by molar-refractivity contribution is 0.0526. The van der Waals surface area contributed by atoms with Crippen molar-refractivity contribution in [2.24, 2.45) is 0 Å². The highest BCUT2D eigenvalue weighted by atomic mass is 35.5. The Balaban J connectivity index is 0.00000462. The van der Waals surface area contributed by atoms with Crippen molar-refractivity contribution in [3.63, 3.8) is 0 Å². The summed E-state index contributed by atoms with van der Waals surface area (Å²) in [5, 5.41) is 14.4. The molecule has 0 aliphatic heterocycles. The van der Waals surface area contributed by atoms with E-state index in [2.05, 4.69) is 5.32 Å². The number of carbonyl (C=O) groups is 1. The fourth-order valence-electron chi connectivity index (χ4n) is 4.20. The maximum absolute atomic E-state index is 13.3. The van der Waals surface area contributed by atoms with Crippen molar-refractivity contribution in [3.8, 4) is 11.1 Å². The van der Waals surface area contributed by atoms with E-state index in [1.165, 1.54) is 12.1 Å². The molecule has 0 fully saturated rings. The molecule has 0 aliphatic rings. The summed E-state index contributed by atoms with van der Waals surface area (Å²) in [5.74, 6) is -0.436. The van der Waals surface area contributed by atoms with Crippen molar-refractivity contribution in [2.45, 2.75) is 29.2 Å². The molecule has 41 heavy (non-hydrogen) atoms. The predicted octanol–water partition coefficient (Wildman–Crippen LogP) is 6.96. The van der Waals surface area contributed by atoms with Crippen molar-refractivity contribution in [3.05, 3.63) is 118 Å². The van der Waals surface area contributed by atoms with Gasteiger partial charge in [-0.1, -0.05) is 65.7 Å². The molecule has 0 heterocycles. The summed E-state index contributed by atoms with van der Waals surface area (Å²) in [4.78, 5) is 12.3. The Morgan fingerprint density at radius 3 is 2.32 bits per heavy atom. The Labute approximate surface area is 256 Å². The van der Waals surface area contributed by atoms with Gasteiger partial charge in [0.1, 0.15) is 0 Å². The fourth-order valence-corrected chi connectivity index (χ4v) is 6.04. The van der Waals surface area contributed by atoms with E-state index in [1.54, 1.807) is 79.7 Å². The first-order chi connectivity index (χ1) is 19.2. The zero-order valence-electron chi connectivity index (χ0n) is 22.2. The van der Waals surface area contributed by atoms with Crippen molar-refractivity contribution in [1.82, 2.24) is 5.32 Å². The predicted molar refractivity (Wildman–Crippen MR) is 165 cm³/mol. The first-order valence-electron chi connectivity index (χ1n) is 12.7. The van der Waals surface area contributed by atoms with Crippen molar-refractivity contribution in [2.75, 3.05) is 19.7 Å². The third-order valence-corrected chi connectivity index (χ3v) is 8.65. The number of benzene rings is 4. The van der Waals surface area contributed by atoms with Crippen LogP contribution in [0.2, 0.25) is 10.0 Å². The Kier molecular flexibility index (Phi) is 11.8. The van der Waals surface area contributed by atoms with Gasteiger partial charge in [-0.3, -0.25) is 0 Å². The second-order valence-electron chi connectivity index (χ2n) is 9.12. The Bertz CT molecular complexity index is 1590. The molecule has 10 heteroatoms. The zero-order chi connectivity index (χ0) is 28.7. The molecule has 0 radical (unpaired) electrons. The van der Waals surface area contributed by atoms with Gasteiger partial charge in [-0.05, 0) is 85.1 Å². The van der Waals surface area contributed by atoms with Crippen LogP contribution >= 0.6 is 35.6 Å². The van der Waals surface area contributed by atoms with Gasteiger partial charge < -0.3 is 15.2 Å². The van der Waals surface area contributed by atoms with E-state index in [4.69, 9.17) is 27.9 Å². The molecule has 4 aromatic carbocycles. The highest BCUT2D eigenvalue weighted by molar-refractivity contribution is 7.91. The number of ether oxygens (including phenoxy) is 1. The number of nitrogens with one attached hydrogen (secondary N) is 1. The van der Waals surface area contributed by atoms with Gasteiger partial charge in [0.2, 0.25) is 9.84 Å². The summed E-state index contributed by atoms with van der Waals surface area (Å²) < 4.78 is 31.6. The number of aliphatic hydroxyl groups is 1. The van der Waals surface area contributed by atoms with Crippen LogP contribution < -0.4 is 5.32 Å². The second kappa shape index (κ2) is 14.8. The molecule has 0 aromatic heterocycles. The van der Waals surface area contributed by atoms with Gasteiger partial charge in [0, 0.05) is 22.2 Å². The standard InChI is InChI=1S/C31H29Cl2NO5S.ClH/c1-2-39-31(36)24-7-3-5-22(17-24)28-14-13-27(19-29(28)33)40(37,38)26-11-9-21(10-12-26)15-16-34-20-30(35)23-6-4-8-25(32)18-23;/h3-14,17-19,30,34-35H,2,15-16,20H2,1H3;1H/t30-;/m0./s1. The lowest BCUT2D eigenvalue weighted by Crippen LogP contribution is -2.23. The van der Waals surface area contributed by atoms with Crippen LogP contribution in [0.3, 0.4) is 0 Å². The van der Waals surface area contributed by atoms with Crippen LogP contribution in [0.15, 0.2) is 101 Å². The molecule has 0 saturated heterocycles.